The Kier molecular flexibility index (Phi) is 3.84. The standard InChI is InChI=1S/C13H19NO2S/c1-2-3-10-14-11-6-8-12-7-4-5-9-13(12)17(14,15)16/h4-5,7,9H,2-3,6,8,10-11H2,1H3. The maximum atomic E-state index is 12.5. The molecule has 0 radical (unpaired) electrons. The van der Waals surface area contributed by atoms with Gasteiger partial charge in [-0.1, -0.05) is 31.5 Å². The summed E-state index contributed by atoms with van der Waals surface area (Å²) in [5.74, 6) is 0. The molecular formula is C13H19NO2S. The van der Waals surface area contributed by atoms with Gasteiger partial charge >= 0.3 is 0 Å². The molecule has 0 bridgehead atoms. The number of fused-ring (bicyclic) bond motifs is 1. The molecule has 0 saturated heterocycles. The highest BCUT2D eigenvalue weighted by atomic mass is 32.2. The van der Waals surface area contributed by atoms with Crippen molar-refractivity contribution in [3.8, 4) is 0 Å². The van der Waals surface area contributed by atoms with Gasteiger partial charge in [-0.25, -0.2) is 8.42 Å². The van der Waals surface area contributed by atoms with Crippen LogP contribution < -0.4 is 0 Å². The van der Waals surface area contributed by atoms with E-state index in [2.05, 4.69) is 6.92 Å². The highest BCUT2D eigenvalue weighted by Crippen LogP contribution is 2.25. The molecule has 94 valence electrons. The SMILES string of the molecule is CCCCN1CCCc2ccccc2S1(=O)=O. The average molecular weight is 253 g/mol. The number of benzene rings is 1. The Bertz CT molecular complexity index is 480. The van der Waals surface area contributed by atoms with Gasteiger partial charge in [0, 0.05) is 13.1 Å². The van der Waals surface area contributed by atoms with Gasteiger partial charge < -0.3 is 0 Å². The normalized spacial score (nSPS) is 19.6. The van der Waals surface area contributed by atoms with Crippen molar-refractivity contribution in [2.75, 3.05) is 13.1 Å². The first-order valence-corrected chi connectivity index (χ1v) is 7.68. The van der Waals surface area contributed by atoms with Gasteiger partial charge in [0.1, 0.15) is 0 Å². The van der Waals surface area contributed by atoms with E-state index in [1.54, 1.807) is 16.4 Å². The van der Waals surface area contributed by atoms with Crippen molar-refractivity contribution in [3.63, 3.8) is 0 Å². The summed E-state index contributed by atoms with van der Waals surface area (Å²) < 4.78 is 26.6. The Morgan fingerprint density at radius 3 is 2.82 bits per heavy atom. The maximum absolute atomic E-state index is 12.5. The summed E-state index contributed by atoms with van der Waals surface area (Å²) in [5.41, 5.74) is 0.964. The molecule has 0 unspecified atom stereocenters. The molecule has 0 fully saturated rings. The highest BCUT2D eigenvalue weighted by Gasteiger charge is 2.28. The maximum Gasteiger partial charge on any atom is 0.243 e. The lowest BCUT2D eigenvalue weighted by Crippen LogP contribution is -2.31. The van der Waals surface area contributed by atoms with E-state index in [1.807, 2.05) is 12.1 Å². The van der Waals surface area contributed by atoms with Gasteiger partial charge in [0.25, 0.3) is 0 Å². The predicted octanol–water partition coefficient (Wildman–Crippen LogP) is 2.42. The van der Waals surface area contributed by atoms with Crippen LogP contribution in [0.3, 0.4) is 0 Å². The Hall–Kier alpha value is -0.870. The number of sulfonamides is 1. The molecule has 0 N–H and O–H groups in total. The van der Waals surface area contributed by atoms with Crippen molar-refractivity contribution in [1.82, 2.24) is 4.31 Å². The van der Waals surface area contributed by atoms with Crippen LogP contribution in [0.25, 0.3) is 0 Å². The second-order valence-electron chi connectivity index (χ2n) is 4.47. The smallest absolute Gasteiger partial charge is 0.207 e. The third kappa shape index (κ3) is 2.53. The summed E-state index contributed by atoms with van der Waals surface area (Å²) in [4.78, 5) is 0.508. The Morgan fingerprint density at radius 2 is 2.06 bits per heavy atom. The number of hydrogen-bond acceptors (Lipinski definition) is 2. The van der Waals surface area contributed by atoms with Crippen molar-refractivity contribution < 1.29 is 8.42 Å². The molecule has 1 aromatic rings. The van der Waals surface area contributed by atoms with E-state index < -0.39 is 10.0 Å². The second-order valence-corrected chi connectivity index (χ2v) is 6.38. The van der Waals surface area contributed by atoms with Crippen LogP contribution >= 0.6 is 0 Å². The number of unbranched alkanes of at least 4 members (excludes halogenated alkanes) is 1. The molecule has 0 aliphatic carbocycles. The quantitative estimate of drug-likeness (QED) is 0.829. The Morgan fingerprint density at radius 1 is 1.29 bits per heavy atom. The molecule has 3 nitrogen and oxygen atoms in total. The van der Waals surface area contributed by atoms with Crippen molar-refractivity contribution in [2.24, 2.45) is 0 Å². The van der Waals surface area contributed by atoms with Gasteiger partial charge in [0.15, 0.2) is 0 Å². The molecule has 0 saturated carbocycles. The van der Waals surface area contributed by atoms with E-state index in [0.29, 0.717) is 18.0 Å². The van der Waals surface area contributed by atoms with Gasteiger partial charge in [0.05, 0.1) is 4.90 Å². The lowest BCUT2D eigenvalue weighted by atomic mass is 10.1. The molecular weight excluding hydrogens is 234 g/mol. The first kappa shape index (κ1) is 12.6. The van der Waals surface area contributed by atoms with E-state index in [4.69, 9.17) is 0 Å². The fourth-order valence-electron chi connectivity index (χ4n) is 2.23. The highest BCUT2D eigenvalue weighted by molar-refractivity contribution is 7.89. The van der Waals surface area contributed by atoms with Crippen molar-refractivity contribution in [3.05, 3.63) is 29.8 Å². The summed E-state index contributed by atoms with van der Waals surface area (Å²) >= 11 is 0. The van der Waals surface area contributed by atoms with Crippen LogP contribution in [0.4, 0.5) is 0 Å². The minimum atomic E-state index is -3.26. The van der Waals surface area contributed by atoms with Gasteiger partial charge in [-0.05, 0) is 30.9 Å². The van der Waals surface area contributed by atoms with E-state index in [1.165, 1.54) is 0 Å². The van der Waals surface area contributed by atoms with Crippen LogP contribution in [0.1, 0.15) is 31.7 Å². The fourth-order valence-corrected chi connectivity index (χ4v) is 4.00. The lowest BCUT2D eigenvalue weighted by Gasteiger charge is -2.19. The summed E-state index contributed by atoms with van der Waals surface area (Å²) in [6.07, 6.45) is 3.73. The first-order chi connectivity index (χ1) is 8.16. The lowest BCUT2D eigenvalue weighted by molar-refractivity contribution is 0.403. The topological polar surface area (TPSA) is 37.4 Å². The summed E-state index contributed by atoms with van der Waals surface area (Å²) in [5, 5.41) is 0. The number of rotatable bonds is 3. The molecule has 0 spiro atoms. The third-order valence-electron chi connectivity index (χ3n) is 3.21. The van der Waals surface area contributed by atoms with Crippen molar-refractivity contribution in [2.45, 2.75) is 37.5 Å². The van der Waals surface area contributed by atoms with Crippen LogP contribution in [-0.4, -0.2) is 25.8 Å². The average Bonchev–Trinajstić information content (AvgIpc) is 2.45. The van der Waals surface area contributed by atoms with Gasteiger partial charge in [0.2, 0.25) is 10.0 Å². The van der Waals surface area contributed by atoms with Crippen LogP contribution in [-0.2, 0) is 16.4 Å². The molecule has 0 aromatic heterocycles. The number of aryl methyl sites for hydroxylation is 1. The van der Waals surface area contributed by atoms with Crippen LogP contribution in [0.2, 0.25) is 0 Å². The van der Waals surface area contributed by atoms with E-state index >= 15 is 0 Å². The zero-order valence-electron chi connectivity index (χ0n) is 10.2. The molecule has 2 rings (SSSR count). The minimum absolute atomic E-state index is 0.508. The first-order valence-electron chi connectivity index (χ1n) is 6.24. The molecule has 1 aliphatic rings. The Labute approximate surface area is 104 Å². The minimum Gasteiger partial charge on any atom is -0.207 e. The summed E-state index contributed by atoms with van der Waals surface area (Å²) in [6.45, 7) is 3.38. The molecule has 1 aromatic carbocycles. The van der Waals surface area contributed by atoms with Gasteiger partial charge in [-0.2, -0.15) is 4.31 Å². The Balaban J connectivity index is 2.36. The fraction of sp³-hybridized carbons (Fsp3) is 0.538. The monoisotopic (exact) mass is 253 g/mol. The molecule has 17 heavy (non-hydrogen) atoms. The van der Waals surface area contributed by atoms with Crippen LogP contribution in [0.5, 0.6) is 0 Å². The number of nitrogens with zero attached hydrogens (tertiary/aromatic N) is 1. The molecule has 1 heterocycles. The predicted molar refractivity (Wildman–Crippen MR) is 68.4 cm³/mol. The van der Waals surface area contributed by atoms with E-state index in [9.17, 15) is 8.42 Å². The number of hydrogen-bond donors (Lipinski definition) is 0. The van der Waals surface area contributed by atoms with E-state index in [0.717, 1.165) is 31.2 Å². The van der Waals surface area contributed by atoms with E-state index in [-0.39, 0.29) is 0 Å². The van der Waals surface area contributed by atoms with Gasteiger partial charge in [-0.15, -0.1) is 0 Å². The second kappa shape index (κ2) is 5.19. The zero-order chi connectivity index (χ0) is 12.3. The van der Waals surface area contributed by atoms with Crippen LogP contribution in [0.15, 0.2) is 29.2 Å². The van der Waals surface area contributed by atoms with Crippen molar-refractivity contribution >= 4 is 10.0 Å². The largest absolute Gasteiger partial charge is 0.243 e. The summed E-state index contributed by atoms with van der Waals surface area (Å²) in [6, 6.07) is 7.38. The van der Waals surface area contributed by atoms with Crippen LogP contribution in [0, 0.1) is 0 Å². The zero-order valence-corrected chi connectivity index (χ0v) is 11.0. The molecule has 4 heteroatoms. The summed E-state index contributed by atoms with van der Waals surface area (Å²) in [7, 11) is -3.26. The molecule has 0 amide bonds. The third-order valence-corrected chi connectivity index (χ3v) is 5.20. The van der Waals surface area contributed by atoms with Gasteiger partial charge in [-0.3, -0.25) is 0 Å². The molecule has 0 atom stereocenters. The molecule has 1 aliphatic heterocycles. The van der Waals surface area contributed by atoms with Crippen molar-refractivity contribution in [1.29, 1.82) is 0 Å².